The summed E-state index contributed by atoms with van der Waals surface area (Å²) in [5.41, 5.74) is 0.860. The van der Waals surface area contributed by atoms with Crippen molar-refractivity contribution in [1.82, 2.24) is 10.2 Å². The van der Waals surface area contributed by atoms with Crippen LogP contribution in [0.15, 0.2) is 82.2 Å². The van der Waals surface area contributed by atoms with E-state index in [0.29, 0.717) is 18.9 Å². The lowest BCUT2D eigenvalue weighted by Gasteiger charge is -2.32. The third kappa shape index (κ3) is 7.79. The average molecular weight is 621 g/mol. The maximum atomic E-state index is 13.8. The van der Waals surface area contributed by atoms with Crippen molar-refractivity contribution in [3.63, 3.8) is 0 Å². The molecule has 0 saturated heterocycles. The van der Waals surface area contributed by atoms with Crippen molar-refractivity contribution in [2.24, 2.45) is 0 Å². The number of nitrogens with zero attached hydrogens (tertiary/aromatic N) is 2. The maximum absolute atomic E-state index is 13.8. The van der Waals surface area contributed by atoms with Gasteiger partial charge in [0.1, 0.15) is 24.2 Å². The van der Waals surface area contributed by atoms with Crippen LogP contribution in [0.2, 0.25) is 0 Å². The van der Waals surface area contributed by atoms with Crippen molar-refractivity contribution < 1.29 is 27.1 Å². The van der Waals surface area contributed by atoms with Gasteiger partial charge in [-0.1, -0.05) is 28.1 Å². The summed E-state index contributed by atoms with van der Waals surface area (Å²) >= 11 is 3.38. The summed E-state index contributed by atoms with van der Waals surface area (Å²) in [5.74, 6) is -1.02. The number of likely N-dealkylation sites (N-methyl/N-ethyl adjacent to an activating group) is 1. The van der Waals surface area contributed by atoms with Crippen LogP contribution >= 0.6 is 15.9 Å². The van der Waals surface area contributed by atoms with Gasteiger partial charge in [0.25, 0.3) is 10.0 Å². The van der Waals surface area contributed by atoms with Crippen LogP contribution in [0, 0.1) is 5.82 Å². The van der Waals surface area contributed by atoms with Crippen molar-refractivity contribution >= 4 is 43.5 Å². The summed E-state index contributed by atoms with van der Waals surface area (Å²) in [4.78, 5) is 27.8. The number of halogens is 2. The molecule has 0 aliphatic carbocycles. The van der Waals surface area contributed by atoms with Crippen LogP contribution in [0.1, 0.15) is 26.3 Å². The first kappa shape index (κ1) is 30.1. The summed E-state index contributed by atoms with van der Waals surface area (Å²) in [5, 5.41) is 2.71. The molecule has 1 unspecified atom stereocenters. The zero-order valence-corrected chi connectivity index (χ0v) is 24.3. The van der Waals surface area contributed by atoms with Gasteiger partial charge in [-0.15, -0.1) is 0 Å². The van der Waals surface area contributed by atoms with E-state index < -0.39 is 34.3 Å². The van der Waals surface area contributed by atoms with Gasteiger partial charge in [-0.2, -0.15) is 0 Å². The minimum Gasteiger partial charge on any atom is -0.494 e. The van der Waals surface area contributed by atoms with Crippen molar-refractivity contribution in [3.05, 3.63) is 88.6 Å². The highest BCUT2D eigenvalue weighted by molar-refractivity contribution is 9.10. The van der Waals surface area contributed by atoms with Gasteiger partial charge >= 0.3 is 0 Å². The van der Waals surface area contributed by atoms with Crippen LogP contribution in [-0.2, 0) is 26.2 Å². The van der Waals surface area contributed by atoms with Crippen molar-refractivity contribution in [3.8, 4) is 5.75 Å². The number of carbonyl (C=O) groups excluding carboxylic acids is 2. The highest BCUT2D eigenvalue weighted by Crippen LogP contribution is 2.26. The standard InChI is InChI=1S/C28H31BrFN3O5S/c1-4-31-28(35)20(3)32(18-21-6-8-22(29)9-7-21)27(34)19-33(24-12-10-23(30)11-13-24)39(36,37)26-16-14-25(15-17-26)38-5-2/h6-17,20H,4-5,18-19H2,1-3H3,(H,31,35). The smallest absolute Gasteiger partial charge is 0.264 e. The molecule has 0 spiro atoms. The summed E-state index contributed by atoms with van der Waals surface area (Å²) in [6, 6.07) is 17.0. The Morgan fingerprint density at radius 1 is 0.974 bits per heavy atom. The summed E-state index contributed by atoms with van der Waals surface area (Å²) in [6.07, 6.45) is 0. The topological polar surface area (TPSA) is 96.0 Å². The summed E-state index contributed by atoms with van der Waals surface area (Å²) in [6.45, 7) is 5.42. The van der Waals surface area contributed by atoms with Gasteiger partial charge in [0.2, 0.25) is 11.8 Å². The van der Waals surface area contributed by atoms with E-state index >= 15 is 0 Å². The van der Waals surface area contributed by atoms with Crippen LogP contribution in [0.5, 0.6) is 5.75 Å². The fourth-order valence-corrected chi connectivity index (χ4v) is 5.51. The SMILES string of the molecule is CCNC(=O)C(C)N(Cc1ccc(Br)cc1)C(=O)CN(c1ccc(F)cc1)S(=O)(=O)c1ccc(OCC)cc1. The van der Waals surface area contributed by atoms with Crippen LogP contribution in [0.4, 0.5) is 10.1 Å². The number of anilines is 1. The molecular weight excluding hydrogens is 589 g/mol. The zero-order valence-electron chi connectivity index (χ0n) is 21.9. The molecule has 3 aromatic rings. The quantitative estimate of drug-likeness (QED) is 0.316. The predicted octanol–water partition coefficient (Wildman–Crippen LogP) is 4.74. The molecule has 0 fully saturated rings. The number of ether oxygens (including phenoxy) is 1. The average Bonchev–Trinajstić information content (AvgIpc) is 2.92. The Kier molecular flexibility index (Phi) is 10.5. The Bertz CT molecular complexity index is 1370. The van der Waals surface area contributed by atoms with Gasteiger partial charge in [-0.25, -0.2) is 12.8 Å². The number of benzene rings is 3. The van der Waals surface area contributed by atoms with Gasteiger partial charge in [-0.05, 0) is 87.0 Å². The second-order valence-electron chi connectivity index (χ2n) is 8.61. The minimum atomic E-state index is -4.26. The van der Waals surface area contributed by atoms with E-state index in [-0.39, 0.29) is 23.0 Å². The predicted molar refractivity (Wildman–Crippen MR) is 151 cm³/mol. The highest BCUT2D eigenvalue weighted by Gasteiger charge is 2.32. The molecule has 39 heavy (non-hydrogen) atoms. The second-order valence-corrected chi connectivity index (χ2v) is 11.4. The van der Waals surface area contributed by atoms with Gasteiger partial charge < -0.3 is 15.0 Å². The molecule has 0 heterocycles. The van der Waals surface area contributed by atoms with Gasteiger partial charge in [0.15, 0.2) is 0 Å². The van der Waals surface area contributed by atoms with Gasteiger partial charge in [0.05, 0.1) is 17.2 Å². The number of amides is 2. The molecule has 0 radical (unpaired) electrons. The van der Waals surface area contributed by atoms with Crippen molar-refractivity contribution in [1.29, 1.82) is 0 Å². The van der Waals surface area contributed by atoms with Crippen LogP contribution in [0.25, 0.3) is 0 Å². The largest absolute Gasteiger partial charge is 0.494 e. The molecule has 1 N–H and O–H groups in total. The Morgan fingerprint density at radius 2 is 1.59 bits per heavy atom. The fourth-order valence-electron chi connectivity index (χ4n) is 3.83. The Morgan fingerprint density at radius 3 is 2.15 bits per heavy atom. The summed E-state index contributed by atoms with van der Waals surface area (Å²) < 4.78 is 48.5. The zero-order chi connectivity index (χ0) is 28.6. The number of rotatable bonds is 12. The van der Waals surface area contributed by atoms with E-state index in [1.807, 2.05) is 31.2 Å². The summed E-state index contributed by atoms with van der Waals surface area (Å²) in [7, 11) is -4.26. The second kappa shape index (κ2) is 13.6. The van der Waals surface area contributed by atoms with E-state index in [1.54, 1.807) is 13.8 Å². The van der Waals surface area contributed by atoms with E-state index in [9.17, 15) is 22.4 Å². The fraction of sp³-hybridized carbons (Fsp3) is 0.286. The molecule has 208 valence electrons. The third-order valence-corrected chi connectivity index (χ3v) is 8.22. The number of hydrogen-bond acceptors (Lipinski definition) is 5. The van der Waals surface area contributed by atoms with Crippen molar-refractivity contribution in [2.45, 2.75) is 38.3 Å². The van der Waals surface area contributed by atoms with Crippen LogP contribution in [-0.4, -0.2) is 50.9 Å². The highest BCUT2D eigenvalue weighted by atomic mass is 79.9. The first-order chi connectivity index (χ1) is 18.6. The Balaban J connectivity index is 2.00. The maximum Gasteiger partial charge on any atom is 0.264 e. The normalized spacial score (nSPS) is 11.9. The molecule has 11 heteroatoms. The van der Waals surface area contributed by atoms with E-state index in [1.165, 1.54) is 41.3 Å². The van der Waals surface area contributed by atoms with Crippen LogP contribution < -0.4 is 14.4 Å². The van der Waals surface area contributed by atoms with Crippen molar-refractivity contribution in [2.75, 3.05) is 24.0 Å². The monoisotopic (exact) mass is 619 g/mol. The van der Waals surface area contributed by atoms with E-state index in [0.717, 1.165) is 26.5 Å². The van der Waals surface area contributed by atoms with Gasteiger partial charge in [-0.3, -0.25) is 13.9 Å². The van der Waals surface area contributed by atoms with Crippen LogP contribution in [0.3, 0.4) is 0 Å². The third-order valence-electron chi connectivity index (χ3n) is 5.90. The number of carbonyl (C=O) groups is 2. The molecular formula is C28H31BrFN3O5S. The lowest BCUT2D eigenvalue weighted by atomic mass is 10.1. The lowest BCUT2D eigenvalue weighted by Crippen LogP contribution is -2.51. The molecule has 8 nitrogen and oxygen atoms in total. The molecule has 0 aliphatic rings. The van der Waals surface area contributed by atoms with E-state index in [2.05, 4.69) is 21.2 Å². The molecule has 3 aromatic carbocycles. The molecule has 0 saturated carbocycles. The number of nitrogens with one attached hydrogen (secondary N) is 1. The van der Waals surface area contributed by atoms with E-state index in [4.69, 9.17) is 4.74 Å². The Labute approximate surface area is 236 Å². The molecule has 1 atom stereocenters. The first-order valence-corrected chi connectivity index (χ1v) is 14.6. The number of sulfonamides is 1. The molecule has 0 bridgehead atoms. The lowest BCUT2D eigenvalue weighted by molar-refractivity contribution is -0.139. The Hall–Kier alpha value is -3.44. The molecule has 3 rings (SSSR count). The first-order valence-electron chi connectivity index (χ1n) is 12.4. The minimum absolute atomic E-state index is 0.0701. The molecule has 0 aliphatic heterocycles. The van der Waals surface area contributed by atoms with Gasteiger partial charge in [0, 0.05) is 17.6 Å². The number of hydrogen-bond donors (Lipinski definition) is 1. The molecule has 2 amide bonds. The molecule has 0 aromatic heterocycles.